The van der Waals surface area contributed by atoms with E-state index in [2.05, 4.69) is 10.2 Å². The summed E-state index contributed by atoms with van der Waals surface area (Å²) >= 11 is 0. The highest BCUT2D eigenvalue weighted by Crippen LogP contribution is 2.00. The molecule has 1 aromatic carbocycles. The van der Waals surface area contributed by atoms with Gasteiger partial charge in [-0.25, -0.2) is 4.79 Å². The molecule has 0 fully saturated rings. The van der Waals surface area contributed by atoms with Gasteiger partial charge in [0.15, 0.2) is 11.5 Å². The number of ketones is 1. The predicted molar refractivity (Wildman–Crippen MR) is 62.0 cm³/mol. The average Bonchev–Trinajstić information content (AvgIpc) is 2.87. The van der Waals surface area contributed by atoms with Crippen molar-refractivity contribution in [3.63, 3.8) is 0 Å². The second-order valence-corrected chi connectivity index (χ2v) is 3.50. The summed E-state index contributed by atoms with van der Waals surface area (Å²) in [5.74, 6) is -0.737. The van der Waals surface area contributed by atoms with Crippen molar-refractivity contribution in [3.8, 4) is 0 Å². The van der Waals surface area contributed by atoms with Crippen molar-refractivity contribution < 1.29 is 14.4 Å². The molecule has 2 aromatic rings. The van der Waals surface area contributed by atoms with Crippen LogP contribution >= 0.6 is 0 Å². The van der Waals surface area contributed by atoms with Crippen molar-refractivity contribution in [2.24, 2.45) is 0 Å². The maximum atomic E-state index is 11.7. The van der Waals surface area contributed by atoms with Gasteiger partial charge in [0.05, 0.1) is 11.8 Å². The first-order chi connectivity index (χ1) is 8.70. The fourth-order valence-electron chi connectivity index (χ4n) is 1.30. The van der Waals surface area contributed by atoms with E-state index in [1.807, 2.05) is 0 Å². The molecular weight excluding hydrogens is 234 g/mol. The predicted octanol–water partition coefficient (Wildman–Crippen LogP) is 1.14. The first-order valence-corrected chi connectivity index (χ1v) is 5.44. The van der Waals surface area contributed by atoms with Crippen molar-refractivity contribution in [1.82, 2.24) is 15.2 Å². The van der Waals surface area contributed by atoms with Gasteiger partial charge in [0.1, 0.15) is 0 Å². The smallest absolute Gasteiger partial charge is 0.296 e. The Hall–Kier alpha value is -2.50. The minimum atomic E-state index is -0.582. The molecule has 0 unspecified atom stereocenters. The Morgan fingerprint density at radius 2 is 2.00 bits per heavy atom. The zero-order chi connectivity index (χ0) is 13.0. The fraction of sp³-hybridized carbons (Fsp3) is 0.167. The fourth-order valence-corrected chi connectivity index (χ4v) is 1.30. The summed E-state index contributed by atoms with van der Waals surface area (Å²) < 4.78 is 0. The van der Waals surface area contributed by atoms with Gasteiger partial charge >= 0.3 is 5.97 Å². The van der Waals surface area contributed by atoms with E-state index in [-0.39, 0.29) is 11.5 Å². The third-order valence-corrected chi connectivity index (χ3v) is 2.25. The summed E-state index contributed by atoms with van der Waals surface area (Å²) in [5, 5.41) is 7.45. The standard InChI is InChI=1S/C12H11N3O3/c1-2-11(16)10-8-13-15(14-10)18-12(17)9-6-4-3-5-7-9/h3-8H,2H2,1H3. The molecule has 2 rings (SSSR count). The van der Waals surface area contributed by atoms with Gasteiger partial charge in [-0.05, 0) is 12.1 Å². The molecule has 6 nitrogen and oxygen atoms in total. The van der Waals surface area contributed by atoms with Crippen molar-refractivity contribution in [1.29, 1.82) is 0 Å². The van der Waals surface area contributed by atoms with Crippen LogP contribution in [0.5, 0.6) is 0 Å². The molecule has 0 spiro atoms. The average molecular weight is 245 g/mol. The molecule has 0 N–H and O–H groups in total. The van der Waals surface area contributed by atoms with Crippen LogP contribution in [-0.2, 0) is 0 Å². The quantitative estimate of drug-likeness (QED) is 0.755. The zero-order valence-corrected chi connectivity index (χ0v) is 9.74. The Kier molecular flexibility index (Phi) is 3.47. The summed E-state index contributed by atoms with van der Waals surface area (Å²) in [7, 11) is 0. The highest BCUT2D eigenvalue weighted by Gasteiger charge is 2.12. The van der Waals surface area contributed by atoms with Gasteiger partial charge in [0, 0.05) is 11.4 Å². The highest BCUT2D eigenvalue weighted by molar-refractivity contribution is 5.93. The number of hydrogen-bond donors (Lipinski definition) is 0. The van der Waals surface area contributed by atoms with Crippen LogP contribution in [0.2, 0.25) is 0 Å². The van der Waals surface area contributed by atoms with Crippen molar-refractivity contribution in [3.05, 3.63) is 47.8 Å². The number of rotatable bonds is 4. The molecule has 0 radical (unpaired) electrons. The number of Topliss-reactive ketones (excluding diaryl/α,β-unsaturated/α-hetero) is 1. The van der Waals surface area contributed by atoms with Gasteiger partial charge in [0.25, 0.3) is 0 Å². The largest absolute Gasteiger partial charge is 0.367 e. The molecule has 0 atom stereocenters. The first-order valence-electron chi connectivity index (χ1n) is 5.44. The van der Waals surface area contributed by atoms with E-state index in [1.165, 1.54) is 6.20 Å². The minimum absolute atomic E-state index is 0.156. The molecule has 92 valence electrons. The molecule has 1 heterocycles. The van der Waals surface area contributed by atoms with Gasteiger partial charge in [-0.3, -0.25) is 9.63 Å². The van der Waals surface area contributed by atoms with Gasteiger partial charge in [-0.2, -0.15) is 0 Å². The Balaban J connectivity index is 2.08. The maximum Gasteiger partial charge on any atom is 0.367 e. The molecule has 18 heavy (non-hydrogen) atoms. The van der Waals surface area contributed by atoms with Crippen LogP contribution in [-0.4, -0.2) is 26.9 Å². The van der Waals surface area contributed by atoms with Gasteiger partial charge in [-0.1, -0.05) is 25.1 Å². The van der Waals surface area contributed by atoms with E-state index in [0.29, 0.717) is 12.0 Å². The number of hydrogen-bond acceptors (Lipinski definition) is 5. The lowest BCUT2D eigenvalue weighted by Gasteiger charge is -2.00. The molecule has 0 aliphatic heterocycles. The van der Waals surface area contributed by atoms with Crippen LogP contribution in [0.15, 0.2) is 36.5 Å². The van der Waals surface area contributed by atoms with Crippen LogP contribution in [0.1, 0.15) is 34.2 Å². The van der Waals surface area contributed by atoms with Crippen LogP contribution in [0.25, 0.3) is 0 Å². The second-order valence-electron chi connectivity index (χ2n) is 3.50. The third-order valence-electron chi connectivity index (χ3n) is 2.25. The summed E-state index contributed by atoms with van der Waals surface area (Å²) in [5.41, 5.74) is 0.566. The molecule has 0 amide bonds. The number of aromatic nitrogens is 3. The third kappa shape index (κ3) is 2.60. The number of benzene rings is 1. The van der Waals surface area contributed by atoms with Gasteiger partial charge < -0.3 is 0 Å². The second kappa shape index (κ2) is 5.22. The topological polar surface area (TPSA) is 74.1 Å². The van der Waals surface area contributed by atoms with E-state index in [9.17, 15) is 9.59 Å². The summed E-state index contributed by atoms with van der Waals surface area (Å²) in [6.07, 6.45) is 1.59. The number of carbonyl (C=O) groups is 2. The molecule has 0 aliphatic carbocycles. The lowest BCUT2D eigenvalue weighted by atomic mass is 10.2. The minimum Gasteiger partial charge on any atom is -0.296 e. The Morgan fingerprint density at radius 1 is 1.28 bits per heavy atom. The van der Waals surface area contributed by atoms with Gasteiger partial charge in [-0.15, -0.1) is 10.2 Å². The zero-order valence-electron chi connectivity index (χ0n) is 9.74. The Bertz CT molecular complexity index is 563. The van der Waals surface area contributed by atoms with Crippen LogP contribution < -0.4 is 4.84 Å². The SMILES string of the molecule is CCC(=O)c1cnn(OC(=O)c2ccccc2)n1. The van der Waals surface area contributed by atoms with E-state index >= 15 is 0 Å². The molecule has 0 aliphatic rings. The van der Waals surface area contributed by atoms with Crippen molar-refractivity contribution >= 4 is 11.8 Å². The first kappa shape index (κ1) is 12.0. The van der Waals surface area contributed by atoms with E-state index < -0.39 is 5.97 Å². The summed E-state index contributed by atoms with van der Waals surface area (Å²) in [6, 6.07) is 8.47. The normalized spacial score (nSPS) is 10.1. The van der Waals surface area contributed by atoms with E-state index in [0.717, 1.165) is 4.96 Å². The Morgan fingerprint density at radius 3 is 2.67 bits per heavy atom. The molecule has 0 saturated heterocycles. The number of carbonyl (C=O) groups excluding carboxylic acids is 2. The molecule has 0 bridgehead atoms. The monoisotopic (exact) mass is 245 g/mol. The van der Waals surface area contributed by atoms with Crippen LogP contribution in [0, 0.1) is 0 Å². The van der Waals surface area contributed by atoms with Gasteiger partial charge in [0.2, 0.25) is 0 Å². The summed E-state index contributed by atoms with van der Waals surface area (Å²) in [4.78, 5) is 28.6. The lowest BCUT2D eigenvalue weighted by Crippen LogP contribution is -2.22. The summed E-state index contributed by atoms with van der Waals surface area (Å²) in [6.45, 7) is 1.72. The maximum absolute atomic E-state index is 11.7. The lowest BCUT2D eigenvalue weighted by molar-refractivity contribution is 0.0303. The Labute approximate surface area is 103 Å². The molecule has 0 saturated carbocycles. The van der Waals surface area contributed by atoms with Crippen LogP contribution in [0.3, 0.4) is 0 Å². The van der Waals surface area contributed by atoms with Crippen LogP contribution in [0.4, 0.5) is 0 Å². The van der Waals surface area contributed by atoms with Crippen molar-refractivity contribution in [2.45, 2.75) is 13.3 Å². The molecule has 6 heteroatoms. The number of nitrogens with zero attached hydrogens (tertiary/aromatic N) is 3. The molecular formula is C12H11N3O3. The van der Waals surface area contributed by atoms with E-state index in [4.69, 9.17) is 4.84 Å². The van der Waals surface area contributed by atoms with Crippen molar-refractivity contribution in [2.75, 3.05) is 0 Å². The highest BCUT2D eigenvalue weighted by atomic mass is 16.7. The molecule has 1 aromatic heterocycles. The van der Waals surface area contributed by atoms with E-state index in [1.54, 1.807) is 37.3 Å².